The van der Waals surface area contributed by atoms with Crippen molar-refractivity contribution in [3.8, 4) is 5.75 Å². The molecule has 1 aromatic carbocycles. The van der Waals surface area contributed by atoms with Gasteiger partial charge < -0.3 is 14.6 Å². The van der Waals surface area contributed by atoms with Gasteiger partial charge in [-0.15, -0.1) is 0 Å². The highest BCUT2D eigenvalue weighted by atomic mass is 16.5. The van der Waals surface area contributed by atoms with E-state index in [2.05, 4.69) is 22.4 Å². The molecule has 3 rings (SSSR count). The number of benzene rings is 1. The van der Waals surface area contributed by atoms with E-state index >= 15 is 0 Å². The molecule has 21 heavy (non-hydrogen) atoms. The van der Waals surface area contributed by atoms with Gasteiger partial charge >= 0.3 is 0 Å². The SMILES string of the molecule is C[C@H](COc1ccccc1)NCCc1nc(C2CC2)no1. The van der Waals surface area contributed by atoms with Crippen LogP contribution in [0.25, 0.3) is 0 Å². The summed E-state index contributed by atoms with van der Waals surface area (Å²) in [6.07, 6.45) is 3.16. The number of rotatable bonds is 8. The lowest BCUT2D eigenvalue weighted by Crippen LogP contribution is -2.33. The molecule has 1 atom stereocenters. The van der Waals surface area contributed by atoms with E-state index < -0.39 is 0 Å². The van der Waals surface area contributed by atoms with E-state index in [9.17, 15) is 0 Å². The highest BCUT2D eigenvalue weighted by Crippen LogP contribution is 2.38. The standard InChI is InChI=1S/C16H21N3O2/c1-12(11-20-14-5-3-2-4-6-14)17-10-9-15-18-16(19-21-15)13-7-8-13/h2-6,12-13,17H,7-11H2,1H3/t12-/m1/s1. The Kier molecular flexibility index (Phi) is 4.50. The van der Waals surface area contributed by atoms with Gasteiger partial charge in [0.05, 0.1) is 0 Å². The Hall–Kier alpha value is -1.88. The van der Waals surface area contributed by atoms with E-state index in [0.717, 1.165) is 30.4 Å². The molecule has 1 aliphatic rings. The maximum Gasteiger partial charge on any atom is 0.227 e. The summed E-state index contributed by atoms with van der Waals surface area (Å²) in [7, 11) is 0. The molecular weight excluding hydrogens is 266 g/mol. The summed E-state index contributed by atoms with van der Waals surface area (Å²) >= 11 is 0. The number of nitrogens with one attached hydrogen (secondary N) is 1. The van der Waals surface area contributed by atoms with Gasteiger partial charge in [0.15, 0.2) is 5.82 Å². The molecule has 5 heteroatoms. The van der Waals surface area contributed by atoms with Crippen molar-refractivity contribution in [3.63, 3.8) is 0 Å². The lowest BCUT2D eigenvalue weighted by Gasteiger charge is -2.14. The highest BCUT2D eigenvalue weighted by Gasteiger charge is 2.28. The summed E-state index contributed by atoms with van der Waals surface area (Å²) < 4.78 is 10.9. The van der Waals surface area contributed by atoms with Crippen LogP contribution < -0.4 is 10.1 Å². The van der Waals surface area contributed by atoms with Crippen LogP contribution in [-0.4, -0.2) is 29.3 Å². The lowest BCUT2D eigenvalue weighted by atomic mass is 10.3. The number of aromatic nitrogens is 2. The minimum atomic E-state index is 0.274. The second kappa shape index (κ2) is 6.72. The summed E-state index contributed by atoms with van der Waals surface area (Å²) in [6.45, 7) is 3.55. The van der Waals surface area contributed by atoms with Gasteiger partial charge in [0, 0.05) is 24.9 Å². The zero-order chi connectivity index (χ0) is 14.5. The maximum atomic E-state index is 5.70. The third-order valence-corrected chi connectivity index (χ3v) is 3.50. The average molecular weight is 287 g/mol. The summed E-state index contributed by atoms with van der Waals surface area (Å²) in [6, 6.07) is 10.1. The molecule has 1 saturated carbocycles. The summed E-state index contributed by atoms with van der Waals surface area (Å²) in [4.78, 5) is 4.41. The first-order valence-corrected chi connectivity index (χ1v) is 7.55. The van der Waals surface area contributed by atoms with Gasteiger partial charge in [-0.1, -0.05) is 23.4 Å². The Balaban J connectivity index is 1.34. The van der Waals surface area contributed by atoms with Crippen LogP contribution >= 0.6 is 0 Å². The largest absolute Gasteiger partial charge is 0.492 e. The van der Waals surface area contributed by atoms with Crippen molar-refractivity contribution in [1.29, 1.82) is 0 Å². The molecule has 0 aliphatic heterocycles. The first kappa shape index (κ1) is 14.1. The van der Waals surface area contributed by atoms with E-state index in [4.69, 9.17) is 9.26 Å². The van der Waals surface area contributed by atoms with Crippen molar-refractivity contribution in [2.24, 2.45) is 0 Å². The average Bonchev–Trinajstić information content (AvgIpc) is 3.26. The number of para-hydroxylation sites is 1. The van der Waals surface area contributed by atoms with E-state index in [-0.39, 0.29) is 6.04 Å². The molecule has 0 radical (unpaired) electrons. The fraction of sp³-hybridized carbons (Fsp3) is 0.500. The van der Waals surface area contributed by atoms with Gasteiger partial charge in [0.1, 0.15) is 12.4 Å². The first-order chi connectivity index (χ1) is 10.3. The number of nitrogens with zero attached hydrogens (tertiary/aromatic N) is 2. The van der Waals surface area contributed by atoms with Crippen LogP contribution in [0.5, 0.6) is 5.75 Å². The predicted octanol–water partition coefficient (Wildman–Crippen LogP) is 2.55. The molecule has 0 unspecified atom stereocenters. The van der Waals surface area contributed by atoms with Crippen LogP contribution in [0.1, 0.15) is 37.4 Å². The second-order valence-electron chi connectivity index (χ2n) is 5.55. The Labute approximate surface area is 124 Å². The van der Waals surface area contributed by atoms with Crippen LogP contribution in [0.4, 0.5) is 0 Å². The Morgan fingerprint density at radius 1 is 1.33 bits per heavy atom. The minimum Gasteiger partial charge on any atom is -0.492 e. The zero-order valence-corrected chi connectivity index (χ0v) is 12.3. The zero-order valence-electron chi connectivity index (χ0n) is 12.3. The monoisotopic (exact) mass is 287 g/mol. The summed E-state index contributed by atoms with van der Waals surface area (Å²) in [5.41, 5.74) is 0. The molecule has 5 nitrogen and oxygen atoms in total. The summed E-state index contributed by atoms with van der Waals surface area (Å²) in [5, 5.41) is 7.42. The van der Waals surface area contributed by atoms with Crippen molar-refractivity contribution in [2.75, 3.05) is 13.2 Å². The van der Waals surface area contributed by atoms with Crippen molar-refractivity contribution in [1.82, 2.24) is 15.5 Å². The van der Waals surface area contributed by atoms with Gasteiger partial charge in [-0.3, -0.25) is 0 Å². The molecule has 1 aliphatic carbocycles. The first-order valence-electron chi connectivity index (χ1n) is 7.55. The molecular formula is C16H21N3O2. The van der Waals surface area contributed by atoms with Crippen molar-refractivity contribution in [2.45, 2.75) is 38.1 Å². The van der Waals surface area contributed by atoms with Crippen LogP contribution in [0, 0.1) is 0 Å². The van der Waals surface area contributed by atoms with E-state index in [1.807, 2.05) is 30.3 Å². The van der Waals surface area contributed by atoms with Gasteiger partial charge in [-0.25, -0.2) is 0 Å². The van der Waals surface area contributed by atoms with Gasteiger partial charge in [0.25, 0.3) is 0 Å². The van der Waals surface area contributed by atoms with Gasteiger partial charge in [0.2, 0.25) is 5.89 Å². The van der Waals surface area contributed by atoms with E-state index in [1.165, 1.54) is 12.8 Å². The normalized spacial score (nSPS) is 15.9. The molecule has 0 bridgehead atoms. The van der Waals surface area contributed by atoms with Crippen LogP contribution in [-0.2, 0) is 6.42 Å². The molecule has 0 saturated heterocycles. The topological polar surface area (TPSA) is 60.2 Å². The Bertz CT molecular complexity index is 552. The quantitative estimate of drug-likeness (QED) is 0.808. The predicted molar refractivity (Wildman–Crippen MR) is 79.4 cm³/mol. The third-order valence-electron chi connectivity index (χ3n) is 3.50. The molecule has 0 amide bonds. The third kappa shape index (κ3) is 4.29. The minimum absolute atomic E-state index is 0.274. The molecule has 2 aromatic rings. The summed E-state index contributed by atoms with van der Waals surface area (Å²) in [5.74, 6) is 3.05. The molecule has 112 valence electrons. The van der Waals surface area contributed by atoms with Crippen LogP contribution in [0.15, 0.2) is 34.9 Å². The number of ether oxygens (including phenoxy) is 1. The van der Waals surface area contributed by atoms with Crippen molar-refractivity contribution in [3.05, 3.63) is 42.0 Å². The maximum absolute atomic E-state index is 5.70. The number of hydrogen-bond donors (Lipinski definition) is 1. The van der Waals surface area contributed by atoms with E-state index in [1.54, 1.807) is 0 Å². The van der Waals surface area contributed by atoms with Crippen molar-refractivity contribution >= 4 is 0 Å². The highest BCUT2D eigenvalue weighted by molar-refractivity contribution is 5.20. The lowest BCUT2D eigenvalue weighted by molar-refractivity contribution is 0.272. The van der Waals surface area contributed by atoms with Crippen LogP contribution in [0.2, 0.25) is 0 Å². The molecule has 1 aromatic heterocycles. The smallest absolute Gasteiger partial charge is 0.227 e. The molecule has 1 heterocycles. The molecule has 0 spiro atoms. The van der Waals surface area contributed by atoms with Gasteiger partial charge in [-0.2, -0.15) is 4.98 Å². The molecule has 1 fully saturated rings. The fourth-order valence-electron chi connectivity index (χ4n) is 2.10. The molecule has 1 N–H and O–H groups in total. The Morgan fingerprint density at radius 3 is 2.90 bits per heavy atom. The fourth-order valence-corrected chi connectivity index (χ4v) is 2.10. The van der Waals surface area contributed by atoms with Crippen LogP contribution in [0.3, 0.4) is 0 Å². The van der Waals surface area contributed by atoms with Crippen molar-refractivity contribution < 1.29 is 9.26 Å². The Morgan fingerprint density at radius 2 is 2.14 bits per heavy atom. The van der Waals surface area contributed by atoms with Gasteiger partial charge in [-0.05, 0) is 31.9 Å². The number of hydrogen-bond acceptors (Lipinski definition) is 5. The second-order valence-corrected chi connectivity index (χ2v) is 5.55. The van der Waals surface area contributed by atoms with E-state index in [0.29, 0.717) is 12.5 Å².